The van der Waals surface area contributed by atoms with Crippen molar-refractivity contribution in [3.05, 3.63) is 35.9 Å². The van der Waals surface area contributed by atoms with Gasteiger partial charge < -0.3 is 5.73 Å². The Kier molecular flexibility index (Phi) is 4.03. The molecule has 0 radical (unpaired) electrons. The van der Waals surface area contributed by atoms with Gasteiger partial charge in [-0.25, -0.2) is 10.2 Å². The molecular weight excluding hydrogens is 194 g/mol. The topological polar surface area (TPSA) is 84.6 Å². The van der Waals surface area contributed by atoms with E-state index in [-0.39, 0.29) is 5.71 Å². The maximum absolute atomic E-state index is 10.6. The standard InChI is InChI=1S/C10H11N3O2/c11-10(15)13-12-9(7-14)6-8-4-2-1-3-5-8/h1-5,7H,6H2,(H3,11,13,15)/b12-9-. The number of nitrogens with zero attached hydrogens (tertiary/aromatic N) is 1. The third-order valence-electron chi connectivity index (χ3n) is 1.67. The van der Waals surface area contributed by atoms with E-state index >= 15 is 0 Å². The van der Waals surface area contributed by atoms with Crippen LogP contribution in [0.15, 0.2) is 35.4 Å². The third-order valence-corrected chi connectivity index (χ3v) is 1.67. The monoisotopic (exact) mass is 205 g/mol. The van der Waals surface area contributed by atoms with E-state index in [1.165, 1.54) is 0 Å². The molecule has 0 aliphatic rings. The quantitative estimate of drug-likeness (QED) is 0.425. The highest BCUT2D eigenvalue weighted by atomic mass is 16.2. The van der Waals surface area contributed by atoms with E-state index in [2.05, 4.69) is 5.10 Å². The van der Waals surface area contributed by atoms with Crippen LogP contribution in [0.1, 0.15) is 5.56 Å². The minimum absolute atomic E-state index is 0.222. The molecular formula is C10H11N3O2. The van der Waals surface area contributed by atoms with E-state index in [0.29, 0.717) is 12.7 Å². The number of rotatable bonds is 4. The first-order valence-corrected chi connectivity index (χ1v) is 4.33. The van der Waals surface area contributed by atoms with Crippen LogP contribution >= 0.6 is 0 Å². The first-order chi connectivity index (χ1) is 7.22. The fourth-order valence-electron chi connectivity index (χ4n) is 1.04. The van der Waals surface area contributed by atoms with Gasteiger partial charge in [0.05, 0.1) is 0 Å². The normalized spacial score (nSPS) is 10.8. The van der Waals surface area contributed by atoms with Crippen molar-refractivity contribution in [1.82, 2.24) is 5.43 Å². The van der Waals surface area contributed by atoms with E-state index in [1.54, 1.807) is 0 Å². The minimum Gasteiger partial charge on any atom is -0.350 e. The Morgan fingerprint density at radius 2 is 2.07 bits per heavy atom. The lowest BCUT2D eigenvalue weighted by Crippen LogP contribution is -2.26. The molecule has 0 saturated heterocycles. The van der Waals surface area contributed by atoms with Gasteiger partial charge in [-0.05, 0) is 5.56 Å². The second-order valence-electron chi connectivity index (χ2n) is 2.86. The van der Waals surface area contributed by atoms with E-state index in [0.717, 1.165) is 5.56 Å². The fourth-order valence-corrected chi connectivity index (χ4v) is 1.04. The molecule has 1 aromatic carbocycles. The largest absolute Gasteiger partial charge is 0.350 e. The SMILES string of the molecule is NC(=O)N/N=C(\C=O)Cc1ccccc1. The van der Waals surface area contributed by atoms with Crippen molar-refractivity contribution in [2.75, 3.05) is 0 Å². The van der Waals surface area contributed by atoms with Gasteiger partial charge in [0.1, 0.15) is 5.71 Å². The predicted molar refractivity (Wildman–Crippen MR) is 56.4 cm³/mol. The Balaban J connectivity index is 2.65. The number of primary amides is 1. The van der Waals surface area contributed by atoms with Crippen LogP contribution in [0.3, 0.4) is 0 Å². The van der Waals surface area contributed by atoms with Gasteiger partial charge in [-0.3, -0.25) is 4.79 Å². The smallest absolute Gasteiger partial charge is 0.332 e. The summed E-state index contributed by atoms with van der Waals surface area (Å²) in [6, 6.07) is 8.54. The van der Waals surface area contributed by atoms with Gasteiger partial charge in [0.15, 0.2) is 6.29 Å². The summed E-state index contributed by atoms with van der Waals surface area (Å²) in [6.07, 6.45) is 0.952. The maximum atomic E-state index is 10.6. The van der Waals surface area contributed by atoms with Crippen LogP contribution in [-0.2, 0) is 11.2 Å². The Morgan fingerprint density at radius 1 is 1.40 bits per heavy atom. The average molecular weight is 205 g/mol. The molecule has 0 aliphatic carbocycles. The molecule has 3 N–H and O–H groups in total. The highest BCUT2D eigenvalue weighted by Gasteiger charge is 2.00. The van der Waals surface area contributed by atoms with Gasteiger partial charge in [-0.2, -0.15) is 5.10 Å². The summed E-state index contributed by atoms with van der Waals surface area (Å²) in [5.41, 5.74) is 7.99. The van der Waals surface area contributed by atoms with Gasteiger partial charge in [0, 0.05) is 6.42 Å². The second kappa shape index (κ2) is 5.54. The van der Waals surface area contributed by atoms with Crippen molar-refractivity contribution in [2.45, 2.75) is 6.42 Å². The second-order valence-corrected chi connectivity index (χ2v) is 2.86. The van der Waals surface area contributed by atoms with E-state index in [9.17, 15) is 9.59 Å². The average Bonchev–Trinajstić information content (AvgIpc) is 2.25. The van der Waals surface area contributed by atoms with Gasteiger partial charge in [-0.15, -0.1) is 0 Å². The molecule has 0 unspecified atom stereocenters. The zero-order valence-corrected chi connectivity index (χ0v) is 8.01. The number of carbonyl (C=O) groups excluding carboxylic acids is 2. The maximum Gasteiger partial charge on any atom is 0.332 e. The molecule has 5 nitrogen and oxygen atoms in total. The van der Waals surface area contributed by atoms with Crippen LogP contribution in [0.4, 0.5) is 4.79 Å². The number of aldehydes is 1. The van der Waals surface area contributed by atoms with Crippen LogP contribution in [-0.4, -0.2) is 18.0 Å². The molecule has 1 rings (SSSR count). The van der Waals surface area contributed by atoms with Crippen LogP contribution in [0.25, 0.3) is 0 Å². The molecule has 5 heteroatoms. The molecule has 0 fully saturated rings. The zero-order valence-electron chi connectivity index (χ0n) is 8.01. The number of hydrogen-bond donors (Lipinski definition) is 2. The van der Waals surface area contributed by atoms with E-state index in [1.807, 2.05) is 35.8 Å². The van der Waals surface area contributed by atoms with Crippen molar-refractivity contribution in [3.63, 3.8) is 0 Å². The summed E-state index contributed by atoms with van der Waals surface area (Å²) in [4.78, 5) is 21.0. The van der Waals surface area contributed by atoms with Crippen molar-refractivity contribution in [1.29, 1.82) is 0 Å². The van der Waals surface area contributed by atoms with Crippen LogP contribution in [0.5, 0.6) is 0 Å². The van der Waals surface area contributed by atoms with Gasteiger partial charge in [0.2, 0.25) is 0 Å². The van der Waals surface area contributed by atoms with Gasteiger partial charge in [-0.1, -0.05) is 30.3 Å². The number of nitrogens with two attached hydrogens (primary N) is 1. The molecule has 15 heavy (non-hydrogen) atoms. The number of hydrogen-bond acceptors (Lipinski definition) is 3. The number of nitrogens with one attached hydrogen (secondary N) is 1. The molecule has 0 atom stereocenters. The first kappa shape index (κ1) is 10.9. The summed E-state index contributed by atoms with van der Waals surface area (Å²) < 4.78 is 0. The molecule has 0 saturated carbocycles. The summed E-state index contributed by atoms with van der Waals surface area (Å²) in [6.45, 7) is 0. The first-order valence-electron chi connectivity index (χ1n) is 4.33. The Morgan fingerprint density at radius 3 is 2.60 bits per heavy atom. The molecule has 1 aromatic rings. The van der Waals surface area contributed by atoms with E-state index in [4.69, 9.17) is 5.73 Å². The lowest BCUT2D eigenvalue weighted by atomic mass is 10.1. The van der Waals surface area contributed by atoms with E-state index < -0.39 is 6.03 Å². The highest BCUT2D eigenvalue weighted by molar-refractivity contribution is 6.28. The Bertz CT molecular complexity index is 374. The molecule has 0 heterocycles. The van der Waals surface area contributed by atoms with Crippen molar-refractivity contribution in [2.24, 2.45) is 10.8 Å². The molecule has 2 amide bonds. The lowest BCUT2D eigenvalue weighted by molar-refractivity contribution is -0.102. The summed E-state index contributed by atoms with van der Waals surface area (Å²) in [5, 5.41) is 3.56. The Hall–Kier alpha value is -2.17. The molecule has 78 valence electrons. The Labute approximate surface area is 87.0 Å². The summed E-state index contributed by atoms with van der Waals surface area (Å²) >= 11 is 0. The third kappa shape index (κ3) is 4.04. The van der Waals surface area contributed by atoms with Crippen LogP contribution < -0.4 is 11.2 Å². The van der Waals surface area contributed by atoms with Crippen molar-refractivity contribution in [3.8, 4) is 0 Å². The van der Waals surface area contributed by atoms with Crippen LogP contribution in [0.2, 0.25) is 0 Å². The molecule has 0 aromatic heterocycles. The van der Waals surface area contributed by atoms with Gasteiger partial charge >= 0.3 is 6.03 Å². The fraction of sp³-hybridized carbons (Fsp3) is 0.100. The van der Waals surface area contributed by atoms with Crippen molar-refractivity contribution < 1.29 is 9.59 Å². The van der Waals surface area contributed by atoms with Crippen LogP contribution in [0, 0.1) is 0 Å². The van der Waals surface area contributed by atoms with Gasteiger partial charge in [0.25, 0.3) is 0 Å². The van der Waals surface area contributed by atoms with Crippen molar-refractivity contribution >= 4 is 18.0 Å². The number of benzene rings is 1. The predicted octanol–water partition coefficient (Wildman–Crippen LogP) is 0.452. The number of urea groups is 1. The number of carbonyl (C=O) groups is 2. The molecule has 0 spiro atoms. The zero-order chi connectivity index (χ0) is 11.1. The minimum atomic E-state index is -0.789. The number of hydrazone groups is 1. The summed E-state index contributed by atoms with van der Waals surface area (Å²) in [5.74, 6) is 0. The summed E-state index contributed by atoms with van der Waals surface area (Å²) in [7, 11) is 0. The highest BCUT2D eigenvalue weighted by Crippen LogP contribution is 1.99. The number of amides is 2. The molecule has 0 bridgehead atoms. The lowest BCUT2D eigenvalue weighted by Gasteiger charge is -1.99. The molecule has 0 aliphatic heterocycles.